The van der Waals surface area contributed by atoms with Crippen molar-refractivity contribution in [3.8, 4) is 11.5 Å². The zero-order valence-electron chi connectivity index (χ0n) is 14.3. The number of hydrogen-bond acceptors (Lipinski definition) is 9. The van der Waals surface area contributed by atoms with Crippen LogP contribution in [-0.4, -0.2) is 31.7 Å². The Morgan fingerprint density at radius 2 is 1.83 bits per heavy atom. The van der Waals surface area contributed by atoms with Crippen LogP contribution < -0.4 is 5.32 Å². The van der Waals surface area contributed by atoms with E-state index in [9.17, 15) is 25.0 Å². The zero-order chi connectivity index (χ0) is 21.0. The molecule has 0 aliphatic rings. The van der Waals surface area contributed by atoms with E-state index >= 15 is 0 Å². The molecule has 3 rings (SSSR count). The Labute approximate surface area is 171 Å². The molecule has 0 bridgehead atoms. The minimum atomic E-state index is -0.595. The molecule has 0 fully saturated rings. The van der Waals surface area contributed by atoms with Crippen LogP contribution in [-0.2, 0) is 4.79 Å². The van der Waals surface area contributed by atoms with Crippen LogP contribution in [0.25, 0.3) is 11.5 Å². The molecule has 3 aromatic rings. The summed E-state index contributed by atoms with van der Waals surface area (Å²) in [6.45, 7) is 0. The number of nitro groups is 2. The molecular weight excluding hydrogens is 426 g/mol. The maximum atomic E-state index is 12.1. The lowest BCUT2D eigenvalue weighted by atomic mass is 10.2. The van der Waals surface area contributed by atoms with Gasteiger partial charge in [0, 0.05) is 29.8 Å². The third-order valence-corrected chi connectivity index (χ3v) is 4.61. The summed E-state index contributed by atoms with van der Waals surface area (Å²) in [6.07, 6.45) is 0. The van der Waals surface area contributed by atoms with E-state index in [-0.39, 0.29) is 39.0 Å². The maximum absolute atomic E-state index is 12.1. The number of amides is 1. The van der Waals surface area contributed by atoms with Gasteiger partial charge in [0.1, 0.15) is 0 Å². The van der Waals surface area contributed by atoms with Crippen molar-refractivity contribution in [3.63, 3.8) is 0 Å². The molecule has 0 radical (unpaired) electrons. The summed E-state index contributed by atoms with van der Waals surface area (Å²) in [4.78, 5) is 32.5. The number of nitrogens with one attached hydrogen (secondary N) is 1. The summed E-state index contributed by atoms with van der Waals surface area (Å²) in [5.41, 5.74) is 0.294. The number of carbonyl (C=O) groups is 1. The number of nitrogens with zero attached hydrogens (tertiary/aromatic N) is 4. The van der Waals surface area contributed by atoms with E-state index < -0.39 is 15.8 Å². The van der Waals surface area contributed by atoms with Crippen molar-refractivity contribution in [1.82, 2.24) is 10.2 Å². The summed E-state index contributed by atoms with van der Waals surface area (Å²) < 4.78 is 5.41. The van der Waals surface area contributed by atoms with Gasteiger partial charge < -0.3 is 9.73 Å². The molecule has 0 unspecified atom stereocenters. The molecule has 0 spiro atoms. The highest BCUT2D eigenvalue weighted by Crippen LogP contribution is 2.28. The standard InChI is InChI=1S/C16H10ClN5O6S/c17-12-7-11(22(26)27)4-5-13(12)18-14(23)8-29-16-20-19-15(28-16)9-2-1-3-10(6-9)21(24)25/h1-7H,8H2,(H,18,23). The maximum Gasteiger partial charge on any atom is 0.277 e. The van der Waals surface area contributed by atoms with E-state index in [0.29, 0.717) is 5.56 Å². The number of carbonyl (C=O) groups excluding carboxylic acids is 1. The fourth-order valence-corrected chi connectivity index (χ4v) is 2.95. The molecule has 1 aromatic heterocycles. The van der Waals surface area contributed by atoms with Gasteiger partial charge >= 0.3 is 0 Å². The van der Waals surface area contributed by atoms with Gasteiger partial charge in [-0.15, -0.1) is 10.2 Å². The third-order valence-electron chi connectivity index (χ3n) is 3.47. The molecule has 0 saturated heterocycles. The Bertz CT molecular complexity index is 1100. The number of hydrogen-bond donors (Lipinski definition) is 1. The fraction of sp³-hybridized carbons (Fsp3) is 0.0625. The van der Waals surface area contributed by atoms with Crippen LogP contribution in [0, 0.1) is 20.2 Å². The molecule has 11 nitrogen and oxygen atoms in total. The minimum absolute atomic E-state index is 0.0308. The van der Waals surface area contributed by atoms with E-state index in [1.54, 1.807) is 6.07 Å². The first-order valence-corrected chi connectivity index (χ1v) is 9.15. The number of benzene rings is 2. The Hall–Kier alpha value is -3.51. The van der Waals surface area contributed by atoms with Crippen molar-refractivity contribution in [2.24, 2.45) is 0 Å². The smallest absolute Gasteiger partial charge is 0.277 e. The molecule has 0 aliphatic heterocycles. The average Bonchev–Trinajstić information content (AvgIpc) is 3.17. The van der Waals surface area contributed by atoms with Crippen molar-refractivity contribution >= 4 is 46.3 Å². The molecule has 1 amide bonds. The summed E-state index contributed by atoms with van der Waals surface area (Å²) in [5, 5.41) is 31.8. The molecule has 13 heteroatoms. The van der Waals surface area contributed by atoms with Crippen molar-refractivity contribution in [1.29, 1.82) is 0 Å². The number of rotatable bonds is 7. The molecule has 29 heavy (non-hydrogen) atoms. The first-order valence-electron chi connectivity index (χ1n) is 7.78. The van der Waals surface area contributed by atoms with Gasteiger partial charge in [-0.2, -0.15) is 0 Å². The highest BCUT2D eigenvalue weighted by Gasteiger charge is 2.15. The van der Waals surface area contributed by atoms with Crippen LogP contribution in [0.4, 0.5) is 17.1 Å². The first kappa shape index (κ1) is 20.2. The predicted octanol–water partition coefficient (Wildman–Crippen LogP) is 3.94. The molecule has 0 saturated carbocycles. The van der Waals surface area contributed by atoms with Crippen LogP contribution in [0.5, 0.6) is 0 Å². The summed E-state index contributed by atoms with van der Waals surface area (Å²) >= 11 is 6.88. The molecule has 1 heterocycles. The zero-order valence-corrected chi connectivity index (χ0v) is 15.8. The molecular formula is C16H10ClN5O6S. The van der Waals surface area contributed by atoms with Crippen molar-refractivity contribution in [2.45, 2.75) is 5.22 Å². The number of non-ortho nitro benzene ring substituents is 2. The normalized spacial score (nSPS) is 10.5. The first-order chi connectivity index (χ1) is 13.8. The van der Waals surface area contributed by atoms with Crippen LogP contribution in [0.2, 0.25) is 5.02 Å². The van der Waals surface area contributed by atoms with Gasteiger partial charge in [-0.3, -0.25) is 25.0 Å². The molecule has 148 valence electrons. The highest BCUT2D eigenvalue weighted by molar-refractivity contribution is 7.99. The Morgan fingerprint density at radius 1 is 1.10 bits per heavy atom. The molecule has 0 atom stereocenters. The fourth-order valence-electron chi connectivity index (χ4n) is 2.17. The lowest BCUT2D eigenvalue weighted by Crippen LogP contribution is -2.14. The van der Waals surface area contributed by atoms with Gasteiger partial charge in [0.05, 0.1) is 26.3 Å². The van der Waals surface area contributed by atoms with Crippen LogP contribution in [0.15, 0.2) is 52.1 Å². The van der Waals surface area contributed by atoms with Gasteiger partial charge in [-0.25, -0.2) is 0 Å². The van der Waals surface area contributed by atoms with Crippen LogP contribution in [0.1, 0.15) is 0 Å². The molecule has 0 aliphatic carbocycles. The number of halogens is 1. The summed E-state index contributed by atoms with van der Waals surface area (Å²) in [5.74, 6) is -0.458. The quantitative estimate of drug-likeness (QED) is 0.330. The number of nitro benzene ring substituents is 2. The van der Waals surface area contributed by atoms with Crippen LogP contribution in [0.3, 0.4) is 0 Å². The summed E-state index contributed by atoms with van der Waals surface area (Å²) in [6, 6.07) is 9.39. The number of thioether (sulfide) groups is 1. The second kappa shape index (κ2) is 8.67. The average molecular weight is 436 g/mol. The van der Waals surface area contributed by atoms with Gasteiger partial charge in [0.15, 0.2) is 0 Å². The van der Waals surface area contributed by atoms with Gasteiger partial charge in [-0.05, 0) is 12.1 Å². The summed E-state index contributed by atoms with van der Waals surface area (Å²) in [7, 11) is 0. The van der Waals surface area contributed by atoms with E-state index in [4.69, 9.17) is 16.0 Å². The van der Waals surface area contributed by atoms with E-state index in [2.05, 4.69) is 15.5 Å². The number of anilines is 1. The largest absolute Gasteiger partial charge is 0.411 e. The monoisotopic (exact) mass is 435 g/mol. The Balaban J connectivity index is 1.61. The van der Waals surface area contributed by atoms with E-state index in [1.807, 2.05) is 0 Å². The lowest BCUT2D eigenvalue weighted by molar-refractivity contribution is -0.385. The SMILES string of the molecule is O=C(CSc1nnc(-c2cccc([N+](=O)[O-])c2)o1)Nc1ccc([N+](=O)[O-])cc1Cl. The topological polar surface area (TPSA) is 154 Å². The second-order valence-corrected chi connectivity index (χ2v) is 6.77. The minimum Gasteiger partial charge on any atom is -0.411 e. The predicted molar refractivity (Wildman–Crippen MR) is 104 cm³/mol. The van der Waals surface area contributed by atoms with E-state index in [1.165, 1.54) is 30.3 Å². The Kier molecular flexibility index (Phi) is 6.04. The highest BCUT2D eigenvalue weighted by atomic mass is 35.5. The van der Waals surface area contributed by atoms with Gasteiger partial charge in [0.2, 0.25) is 11.8 Å². The van der Waals surface area contributed by atoms with Gasteiger partial charge in [-0.1, -0.05) is 29.4 Å². The molecule has 1 N–H and O–H groups in total. The van der Waals surface area contributed by atoms with Crippen molar-refractivity contribution < 1.29 is 19.1 Å². The van der Waals surface area contributed by atoms with Gasteiger partial charge in [0.25, 0.3) is 16.6 Å². The van der Waals surface area contributed by atoms with Crippen LogP contribution >= 0.6 is 23.4 Å². The third kappa shape index (κ3) is 5.06. The van der Waals surface area contributed by atoms with Crippen molar-refractivity contribution in [2.75, 3.05) is 11.1 Å². The van der Waals surface area contributed by atoms with E-state index in [0.717, 1.165) is 17.8 Å². The second-order valence-electron chi connectivity index (χ2n) is 5.44. The molecule has 2 aromatic carbocycles. The Morgan fingerprint density at radius 3 is 2.52 bits per heavy atom. The number of aromatic nitrogens is 2. The lowest BCUT2D eigenvalue weighted by Gasteiger charge is -2.06. The van der Waals surface area contributed by atoms with Crippen molar-refractivity contribution in [3.05, 3.63) is 67.7 Å².